The molecule has 174 valence electrons. The Balaban J connectivity index is 1.41. The molecule has 0 aromatic heterocycles. The quantitative estimate of drug-likeness (QED) is 0.350. The summed E-state index contributed by atoms with van der Waals surface area (Å²) in [6, 6.07) is 21.6. The first-order chi connectivity index (χ1) is 16.5. The van der Waals surface area contributed by atoms with Gasteiger partial charge in [0.25, 0.3) is 11.1 Å². The molecule has 1 saturated heterocycles. The van der Waals surface area contributed by atoms with E-state index in [1.807, 2.05) is 30.3 Å². The molecule has 3 aromatic rings. The molecule has 0 N–H and O–H groups in total. The third-order valence-electron chi connectivity index (χ3n) is 5.39. The number of hydrogen-bond donors (Lipinski definition) is 0. The van der Waals surface area contributed by atoms with Gasteiger partial charge in [-0.1, -0.05) is 54.6 Å². The molecule has 34 heavy (non-hydrogen) atoms. The summed E-state index contributed by atoms with van der Waals surface area (Å²) >= 11 is 0.934. The largest absolute Gasteiger partial charge is 0.493 e. The van der Waals surface area contributed by atoms with Gasteiger partial charge in [0, 0.05) is 12.1 Å². The standard InChI is InChI=1S/C27H24FNO4S/c1-32-24-16-20(13-14-23(24)33-18-21-11-5-6-12-22(21)28)17-25-26(30)29(27(31)34-25)15-7-10-19-8-3-2-4-9-19/h2-6,8-9,11-14,16-17H,7,10,15,18H2,1H3/b25-17+. The zero-order chi connectivity index (χ0) is 23.9. The molecule has 4 rings (SSSR count). The van der Waals surface area contributed by atoms with Gasteiger partial charge in [-0.3, -0.25) is 14.5 Å². The minimum atomic E-state index is -0.336. The summed E-state index contributed by atoms with van der Waals surface area (Å²) in [4.78, 5) is 26.9. The Hall–Kier alpha value is -3.58. The van der Waals surface area contributed by atoms with Gasteiger partial charge >= 0.3 is 0 Å². The van der Waals surface area contributed by atoms with Crippen LogP contribution in [0.3, 0.4) is 0 Å². The fraction of sp³-hybridized carbons (Fsp3) is 0.185. The molecule has 0 radical (unpaired) electrons. The number of halogens is 1. The van der Waals surface area contributed by atoms with Gasteiger partial charge in [0.15, 0.2) is 11.5 Å². The molecule has 2 amide bonds. The second-order valence-corrected chi connectivity index (χ2v) is 8.71. The number of thioether (sulfide) groups is 1. The fourth-order valence-electron chi connectivity index (χ4n) is 3.59. The average molecular weight is 478 g/mol. The summed E-state index contributed by atoms with van der Waals surface area (Å²) in [7, 11) is 1.51. The number of nitrogens with zero attached hydrogens (tertiary/aromatic N) is 1. The van der Waals surface area contributed by atoms with Gasteiger partial charge in [0.05, 0.1) is 12.0 Å². The van der Waals surface area contributed by atoms with Gasteiger partial charge in [0.2, 0.25) is 0 Å². The van der Waals surface area contributed by atoms with Crippen LogP contribution in [-0.4, -0.2) is 29.7 Å². The summed E-state index contributed by atoms with van der Waals surface area (Å²) in [5, 5.41) is -0.263. The second kappa shape index (κ2) is 11.0. The SMILES string of the molecule is COc1cc(/C=C2/SC(=O)N(CCCc3ccccc3)C2=O)ccc1OCc1ccccc1F. The predicted molar refractivity (Wildman–Crippen MR) is 131 cm³/mol. The number of amides is 2. The van der Waals surface area contributed by atoms with Crippen LogP contribution in [0.15, 0.2) is 77.7 Å². The van der Waals surface area contributed by atoms with Crippen molar-refractivity contribution in [2.75, 3.05) is 13.7 Å². The molecule has 1 heterocycles. The van der Waals surface area contributed by atoms with Crippen LogP contribution in [0.25, 0.3) is 6.08 Å². The molecule has 1 aliphatic rings. The summed E-state index contributed by atoms with van der Waals surface area (Å²) in [5.74, 6) is 0.281. The van der Waals surface area contributed by atoms with E-state index in [0.717, 1.165) is 18.2 Å². The summed E-state index contributed by atoms with van der Waals surface area (Å²) < 4.78 is 25.0. The number of methoxy groups -OCH3 is 1. The molecular formula is C27H24FNO4S. The van der Waals surface area contributed by atoms with Crippen molar-refractivity contribution in [3.05, 3.63) is 100 Å². The van der Waals surface area contributed by atoms with Crippen molar-refractivity contribution in [3.63, 3.8) is 0 Å². The lowest BCUT2D eigenvalue weighted by atomic mass is 10.1. The third kappa shape index (κ3) is 5.66. The van der Waals surface area contributed by atoms with Gasteiger partial charge in [-0.15, -0.1) is 0 Å². The highest BCUT2D eigenvalue weighted by Gasteiger charge is 2.34. The molecule has 3 aromatic carbocycles. The zero-order valence-corrected chi connectivity index (χ0v) is 19.5. The summed E-state index contributed by atoms with van der Waals surface area (Å²) in [5.41, 5.74) is 2.31. The summed E-state index contributed by atoms with van der Waals surface area (Å²) in [6.07, 6.45) is 3.18. The maximum absolute atomic E-state index is 13.8. The number of carbonyl (C=O) groups is 2. The van der Waals surface area contributed by atoms with Crippen molar-refractivity contribution in [1.82, 2.24) is 4.90 Å². The molecular weight excluding hydrogens is 453 g/mol. The number of aryl methyl sites for hydroxylation is 1. The fourth-order valence-corrected chi connectivity index (χ4v) is 4.46. The minimum absolute atomic E-state index is 0.0598. The first-order valence-electron chi connectivity index (χ1n) is 10.9. The van der Waals surface area contributed by atoms with Crippen LogP contribution >= 0.6 is 11.8 Å². The van der Waals surface area contributed by atoms with E-state index in [1.165, 1.54) is 23.6 Å². The van der Waals surface area contributed by atoms with Gasteiger partial charge in [-0.25, -0.2) is 4.39 Å². The van der Waals surface area contributed by atoms with E-state index in [4.69, 9.17) is 9.47 Å². The predicted octanol–water partition coefficient (Wildman–Crippen LogP) is 6.08. The molecule has 1 aliphatic heterocycles. The Morgan fingerprint density at radius 2 is 1.74 bits per heavy atom. The molecule has 0 atom stereocenters. The van der Waals surface area contributed by atoms with Crippen LogP contribution in [0.5, 0.6) is 11.5 Å². The van der Waals surface area contributed by atoms with E-state index in [1.54, 1.807) is 42.5 Å². The molecule has 0 saturated carbocycles. The lowest BCUT2D eigenvalue weighted by Crippen LogP contribution is -2.29. The number of benzene rings is 3. The van der Waals surface area contributed by atoms with Crippen LogP contribution in [0.2, 0.25) is 0 Å². The van der Waals surface area contributed by atoms with Gasteiger partial charge in [0.1, 0.15) is 12.4 Å². The van der Waals surface area contributed by atoms with E-state index >= 15 is 0 Å². The number of hydrogen-bond acceptors (Lipinski definition) is 5. The van der Waals surface area contributed by atoms with Crippen molar-refractivity contribution in [2.45, 2.75) is 19.4 Å². The normalized spacial score (nSPS) is 14.6. The lowest BCUT2D eigenvalue weighted by Gasteiger charge is -2.12. The molecule has 1 fully saturated rings. The van der Waals surface area contributed by atoms with Crippen LogP contribution in [0.4, 0.5) is 9.18 Å². The molecule has 5 nitrogen and oxygen atoms in total. The molecule has 0 unspecified atom stereocenters. The van der Waals surface area contributed by atoms with E-state index in [9.17, 15) is 14.0 Å². The smallest absolute Gasteiger partial charge is 0.293 e. The Bertz CT molecular complexity index is 1210. The first kappa shape index (κ1) is 23.6. The first-order valence-corrected chi connectivity index (χ1v) is 11.7. The van der Waals surface area contributed by atoms with Crippen LogP contribution in [0.1, 0.15) is 23.1 Å². The van der Waals surface area contributed by atoms with Gasteiger partial charge in [-0.2, -0.15) is 0 Å². The monoisotopic (exact) mass is 477 g/mol. The molecule has 0 bridgehead atoms. The van der Waals surface area contributed by atoms with E-state index in [2.05, 4.69) is 0 Å². The zero-order valence-electron chi connectivity index (χ0n) is 18.7. The van der Waals surface area contributed by atoms with E-state index in [-0.39, 0.29) is 23.6 Å². The maximum Gasteiger partial charge on any atom is 0.293 e. The van der Waals surface area contributed by atoms with E-state index in [0.29, 0.717) is 40.5 Å². The Labute approximate surface area is 202 Å². The number of imide groups is 1. The van der Waals surface area contributed by atoms with Crippen LogP contribution < -0.4 is 9.47 Å². The number of ether oxygens (including phenoxy) is 2. The highest BCUT2D eigenvalue weighted by atomic mass is 32.2. The average Bonchev–Trinajstić information content (AvgIpc) is 3.12. The number of carbonyl (C=O) groups excluding carboxylic acids is 2. The van der Waals surface area contributed by atoms with Gasteiger partial charge < -0.3 is 9.47 Å². The Morgan fingerprint density at radius 3 is 2.50 bits per heavy atom. The second-order valence-electron chi connectivity index (χ2n) is 7.71. The minimum Gasteiger partial charge on any atom is -0.493 e. The molecule has 7 heteroatoms. The van der Waals surface area contributed by atoms with Crippen molar-refractivity contribution in [3.8, 4) is 11.5 Å². The molecule has 0 aliphatic carbocycles. The Morgan fingerprint density at radius 1 is 0.971 bits per heavy atom. The van der Waals surface area contributed by atoms with Crippen LogP contribution in [0, 0.1) is 5.82 Å². The topological polar surface area (TPSA) is 55.8 Å². The van der Waals surface area contributed by atoms with Gasteiger partial charge in [-0.05, 0) is 60.0 Å². The lowest BCUT2D eigenvalue weighted by molar-refractivity contribution is -0.122. The molecule has 0 spiro atoms. The highest BCUT2D eigenvalue weighted by molar-refractivity contribution is 8.18. The third-order valence-corrected chi connectivity index (χ3v) is 6.30. The van der Waals surface area contributed by atoms with Crippen molar-refractivity contribution >= 4 is 29.0 Å². The van der Waals surface area contributed by atoms with Crippen LogP contribution in [-0.2, 0) is 17.8 Å². The van der Waals surface area contributed by atoms with Crippen molar-refractivity contribution in [2.24, 2.45) is 0 Å². The Kier molecular flexibility index (Phi) is 7.65. The highest BCUT2D eigenvalue weighted by Crippen LogP contribution is 2.35. The number of rotatable bonds is 9. The van der Waals surface area contributed by atoms with E-state index < -0.39 is 0 Å². The maximum atomic E-state index is 13.8. The summed E-state index contributed by atoms with van der Waals surface area (Å²) in [6.45, 7) is 0.438. The van der Waals surface area contributed by atoms with Crippen molar-refractivity contribution < 1.29 is 23.5 Å². The van der Waals surface area contributed by atoms with Crippen molar-refractivity contribution in [1.29, 1.82) is 0 Å².